The van der Waals surface area contributed by atoms with Gasteiger partial charge in [0.1, 0.15) is 5.82 Å². The molecule has 3 rings (SSSR count). The monoisotopic (exact) mass is 387 g/mol. The molecule has 0 radical (unpaired) electrons. The maximum atomic E-state index is 14.0. The van der Waals surface area contributed by atoms with Gasteiger partial charge in [-0.2, -0.15) is 0 Å². The molecule has 1 fully saturated rings. The van der Waals surface area contributed by atoms with Crippen LogP contribution in [0.25, 0.3) is 0 Å². The van der Waals surface area contributed by atoms with Crippen LogP contribution in [0.4, 0.5) is 4.39 Å². The molecule has 0 aromatic heterocycles. The Balaban J connectivity index is 1.56. The Bertz CT molecular complexity index is 831. The molecule has 150 valence electrons. The van der Waals surface area contributed by atoms with Crippen molar-refractivity contribution >= 4 is 5.91 Å². The first-order valence-electron chi connectivity index (χ1n) is 9.46. The summed E-state index contributed by atoms with van der Waals surface area (Å²) >= 11 is 0. The minimum atomic E-state index is -0.486. The van der Waals surface area contributed by atoms with Crippen LogP contribution in [0.3, 0.4) is 0 Å². The van der Waals surface area contributed by atoms with Crippen LogP contribution in [0.1, 0.15) is 41.6 Å². The summed E-state index contributed by atoms with van der Waals surface area (Å²) in [6.45, 7) is 1.79. The quantitative estimate of drug-likeness (QED) is 0.804. The van der Waals surface area contributed by atoms with Crippen molar-refractivity contribution in [2.75, 3.05) is 14.2 Å². The number of halogens is 1. The second kappa shape index (κ2) is 8.95. The lowest BCUT2D eigenvalue weighted by Crippen LogP contribution is -2.40. The molecular formula is C22H26FNO4. The molecule has 0 heterocycles. The molecule has 0 bridgehead atoms. The Hall–Kier alpha value is -2.76. The number of ether oxygens (including phenoxy) is 3. The van der Waals surface area contributed by atoms with Gasteiger partial charge in [-0.15, -0.1) is 0 Å². The zero-order valence-corrected chi connectivity index (χ0v) is 16.5. The Kier molecular flexibility index (Phi) is 6.39. The van der Waals surface area contributed by atoms with Crippen molar-refractivity contribution in [3.8, 4) is 17.2 Å². The molecule has 0 saturated heterocycles. The number of amides is 1. The molecule has 1 amide bonds. The third-order valence-electron chi connectivity index (χ3n) is 5.04. The van der Waals surface area contributed by atoms with Crippen molar-refractivity contribution in [1.82, 2.24) is 5.32 Å². The molecule has 6 heteroatoms. The number of hydrogen-bond donors (Lipinski definition) is 1. The van der Waals surface area contributed by atoms with Gasteiger partial charge in [-0.1, -0.05) is 12.1 Å². The van der Waals surface area contributed by atoms with Gasteiger partial charge in [0.15, 0.2) is 11.5 Å². The minimum Gasteiger partial charge on any atom is -0.493 e. The summed E-state index contributed by atoms with van der Waals surface area (Å²) in [5.74, 6) is 1.00. The fraction of sp³-hybridized carbons (Fsp3) is 0.409. The fourth-order valence-corrected chi connectivity index (χ4v) is 3.52. The smallest absolute Gasteiger partial charge is 0.254 e. The second-order valence-corrected chi connectivity index (χ2v) is 7.04. The average Bonchev–Trinajstić information content (AvgIpc) is 2.69. The van der Waals surface area contributed by atoms with E-state index in [-0.39, 0.29) is 23.6 Å². The maximum absolute atomic E-state index is 14.0. The number of benzene rings is 2. The second-order valence-electron chi connectivity index (χ2n) is 7.04. The first kappa shape index (κ1) is 20.0. The van der Waals surface area contributed by atoms with Gasteiger partial charge in [-0.05, 0) is 62.4 Å². The molecule has 1 aliphatic carbocycles. The number of carbonyl (C=O) groups excluding carboxylic acids is 1. The van der Waals surface area contributed by atoms with Crippen LogP contribution in [-0.2, 0) is 0 Å². The molecule has 0 atom stereocenters. The van der Waals surface area contributed by atoms with Crippen molar-refractivity contribution in [2.45, 2.75) is 44.8 Å². The van der Waals surface area contributed by atoms with E-state index in [2.05, 4.69) is 5.32 Å². The molecule has 1 N–H and O–H groups in total. The van der Waals surface area contributed by atoms with Gasteiger partial charge in [0.2, 0.25) is 5.75 Å². The summed E-state index contributed by atoms with van der Waals surface area (Å²) in [5, 5.41) is 2.94. The van der Waals surface area contributed by atoms with Gasteiger partial charge in [-0.3, -0.25) is 4.79 Å². The van der Waals surface area contributed by atoms with E-state index in [1.165, 1.54) is 12.1 Å². The van der Waals surface area contributed by atoms with E-state index in [9.17, 15) is 9.18 Å². The fourth-order valence-electron chi connectivity index (χ4n) is 3.52. The van der Waals surface area contributed by atoms with Crippen LogP contribution in [0.2, 0.25) is 0 Å². The molecular weight excluding hydrogens is 361 g/mol. The highest BCUT2D eigenvalue weighted by atomic mass is 19.1. The molecule has 0 unspecified atom stereocenters. The number of carbonyl (C=O) groups is 1. The highest BCUT2D eigenvalue weighted by molar-refractivity contribution is 5.94. The van der Waals surface area contributed by atoms with Gasteiger partial charge in [-0.25, -0.2) is 4.39 Å². The van der Waals surface area contributed by atoms with E-state index < -0.39 is 5.82 Å². The Morgan fingerprint density at radius 3 is 2.39 bits per heavy atom. The van der Waals surface area contributed by atoms with Crippen molar-refractivity contribution < 1.29 is 23.4 Å². The molecule has 1 saturated carbocycles. The summed E-state index contributed by atoms with van der Waals surface area (Å²) in [5.41, 5.74) is 0.879. The van der Waals surface area contributed by atoms with Crippen LogP contribution in [0.15, 0.2) is 36.4 Å². The van der Waals surface area contributed by atoms with Gasteiger partial charge < -0.3 is 19.5 Å². The molecule has 1 aliphatic rings. The van der Waals surface area contributed by atoms with Crippen LogP contribution in [0.5, 0.6) is 17.2 Å². The van der Waals surface area contributed by atoms with E-state index in [0.717, 1.165) is 31.2 Å². The largest absolute Gasteiger partial charge is 0.493 e. The minimum absolute atomic E-state index is 0.0141. The molecule has 0 spiro atoms. The first-order chi connectivity index (χ1) is 13.5. The lowest BCUT2D eigenvalue weighted by molar-refractivity contribution is 0.0887. The number of para-hydroxylation sites is 1. The van der Waals surface area contributed by atoms with Crippen molar-refractivity contribution in [3.05, 3.63) is 53.3 Å². The molecule has 5 nitrogen and oxygen atoms in total. The SMILES string of the molecule is COc1cccc(OC2CCC(NC(=O)c3ccc(C)cc3F)CC2)c1OC. The van der Waals surface area contributed by atoms with Crippen LogP contribution in [0, 0.1) is 12.7 Å². The van der Waals surface area contributed by atoms with E-state index in [1.807, 2.05) is 18.2 Å². The molecule has 0 aliphatic heterocycles. The zero-order chi connectivity index (χ0) is 20.1. The number of rotatable bonds is 6. The lowest BCUT2D eigenvalue weighted by atomic mass is 9.92. The zero-order valence-electron chi connectivity index (χ0n) is 16.5. The maximum Gasteiger partial charge on any atom is 0.254 e. The standard InChI is InChI=1S/C22H26FNO4/c1-14-7-12-17(18(23)13-14)22(25)24-15-8-10-16(11-9-15)28-20-6-4-5-19(26-2)21(20)27-3/h4-7,12-13,15-16H,8-11H2,1-3H3,(H,24,25). The predicted molar refractivity (Wildman–Crippen MR) is 105 cm³/mol. The van der Waals surface area contributed by atoms with Crippen LogP contribution < -0.4 is 19.5 Å². The van der Waals surface area contributed by atoms with Crippen LogP contribution >= 0.6 is 0 Å². The van der Waals surface area contributed by atoms with E-state index in [0.29, 0.717) is 17.2 Å². The Morgan fingerprint density at radius 2 is 1.75 bits per heavy atom. The van der Waals surface area contributed by atoms with Crippen molar-refractivity contribution in [1.29, 1.82) is 0 Å². The normalized spacial score (nSPS) is 19.0. The third-order valence-corrected chi connectivity index (χ3v) is 5.04. The van der Waals surface area contributed by atoms with E-state index >= 15 is 0 Å². The van der Waals surface area contributed by atoms with E-state index in [4.69, 9.17) is 14.2 Å². The van der Waals surface area contributed by atoms with Gasteiger partial charge in [0.25, 0.3) is 5.91 Å². The average molecular weight is 387 g/mol. The Morgan fingerprint density at radius 1 is 1.04 bits per heavy atom. The first-order valence-corrected chi connectivity index (χ1v) is 9.46. The van der Waals surface area contributed by atoms with Crippen molar-refractivity contribution in [2.24, 2.45) is 0 Å². The Labute approximate surface area is 164 Å². The van der Waals surface area contributed by atoms with E-state index in [1.54, 1.807) is 27.2 Å². The van der Waals surface area contributed by atoms with Crippen LogP contribution in [-0.4, -0.2) is 32.3 Å². The predicted octanol–water partition coefficient (Wildman–Crippen LogP) is 4.27. The molecule has 2 aromatic rings. The summed E-state index contributed by atoms with van der Waals surface area (Å²) < 4.78 is 30.8. The van der Waals surface area contributed by atoms with Gasteiger partial charge in [0, 0.05) is 6.04 Å². The van der Waals surface area contributed by atoms with Crippen molar-refractivity contribution in [3.63, 3.8) is 0 Å². The van der Waals surface area contributed by atoms with Gasteiger partial charge in [0.05, 0.1) is 25.9 Å². The lowest BCUT2D eigenvalue weighted by Gasteiger charge is -2.30. The highest BCUT2D eigenvalue weighted by Gasteiger charge is 2.26. The summed E-state index contributed by atoms with van der Waals surface area (Å²) in [4.78, 5) is 12.4. The molecule has 2 aromatic carbocycles. The number of nitrogens with one attached hydrogen (secondary N) is 1. The highest BCUT2D eigenvalue weighted by Crippen LogP contribution is 2.38. The summed E-state index contributed by atoms with van der Waals surface area (Å²) in [6.07, 6.45) is 3.17. The van der Waals surface area contributed by atoms with Gasteiger partial charge >= 0.3 is 0 Å². The number of aryl methyl sites for hydroxylation is 1. The topological polar surface area (TPSA) is 56.8 Å². The number of methoxy groups -OCH3 is 2. The number of hydrogen-bond acceptors (Lipinski definition) is 4. The summed E-state index contributed by atoms with van der Waals surface area (Å²) in [6, 6.07) is 10.2. The summed E-state index contributed by atoms with van der Waals surface area (Å²) in [7, 11) is 3.17. The third kappa shape index (κ3) is 4.55. The molecule has 28 heavy (non-hydrogen) atoms.